The van der Waals surface area contributed by atoms with E-state index in [9.17, 15) is 14.0 Å². The Morgan fingerprint density at radius 1 is 1.64 bits per heavy atom. The molecule has 0 bridgehead atoms. The molecule has 1 aliphatic heterocycles. The third-order valence-corrected chi connectivity index (χ3v) is 1.49. The normalized spacial score (nSPS) is 14.2. The van der Waals surface area contributed by atoms with Crippen LogP contribution in [0.4, 0.5) is 4.39 Å². The van der Waals surface area contributed by atoms with Gasteiger partial charge in [-0.15, -0.1) is 0 Å². The first kappa shape index (κ1) is 10.4. The number of esters is 1. The fourth-order valence-electron chi connectivity index (χ4n) is 0.856. The minimum absolute atomic E-state index is 0.352. The smallest absolute Gasteiger partial charge is 0.397 e. The van der Waals surface area contributed by atoms with Crippen LogP contribution < -0.4 is 0 Å². The topological polar surface area (TPSA) is 59.0 Å². The van der Waals surface area contributed by atoms with Crippen LogP contribution in [-0.2, 0) is 14.3 Å². The first-order valence-electron chi connectivity index (χ1n) is 3.92. The van der Waals surface area contributed by atoms with E-state index in [1.807, 2.05) is 0 Å². The van der Waals surface area contributed by atoms with Gasteiger partial charge < -0.3 is 4.74 Å². The molecule has 0 saturated carbocycles. The summed E-state index contributed by atoms with van der Waals surface area (Å²) in [4.78, 5) is 27.0. The van der Waals surface area contributed by atoms with Crippen LogP contribution >= 0.6 is 0 Å². The van der Waals surface area contributed by atoms with Crippen LogP contribution in [-0.4, -0.2) is 42.8 Å². The van der Waals surface area contributed by atoms with E-state index in [2.05, 4.69) is 16.3 Å². The maximum atomic E-state index is 12.1. The molecule has 0 fully saturated rings. The number of ether oxygens (including phenoxy) is 1. The molecule has 0 radical (unpaired) electrons. The molecule has 0 saturated heterocycles. The Bertz CT molecular complexity index is 301. The van der Waals surface area contributed by atoms with Gasteiger partial charge in [-0.2, -0.15) is 0 Å². The summed E-state index contributed by atoms with van der Waals surface area (Å²) >= 11 is 0. The Hall–Kier alpha value is -1.72. The third kappa shape index (κ3) is 2.65. The summed E-state index contributed by atoms with van der Waals surface area (Å²) in [6, 6.07) is 0. The molecule has 0 aromatic heterocycles. The van der Waals surface area contributed by atoms with Gasteiger partial charge in [0.05, 0.1) is 12.9 Å². The molecule has 0 spiro atoms. The Balaban J connectivity index is 2.40. The fraction of sp³-hybridized carbons (Fsp3) is 0.375. The van der Waals surface area contributed by atoms with Gasteiger partial charge in [0.2, 0.25) is 0 Å². The van der Waals surface area contributed by atoms with E-state index in [1.165, 1.54) is 6.34 Å². The molecule has 5 nitrogen and oxygen atoms in total. The van der Waals surface area contributed by atoms with Gasteiger partial charge in [0.15, 0.2) is 0 Å². The summed E-state index contributed by atoms with van der Waals surface area (Å²) in [5.74, 6) is -2.74. The van der Waals surface area contributed by atoms with Crippen molar-refractivity contribution in [3.8, 4) is 0 Å². The fourth-order valence-corrected chi connectivity index (χ4v) is 0.856. The van der Waals surface area contributed by atoms with Gasteiger partial charge in [-0.1, -0.05) is 6.58 Å². The van der Waals surface area contributed by atoms with Crippen molar-refractivity contribution >= 4 is 18.2 Å². The van der Waals surface area contributed by atoms with Crippen LogP contribution in [0.25, 0.3) is 0 Å². The van der Waals surface area contributed by atoms with Crippen molar-refractivity contribution in [2.24, 2.45) is 4.99 Å². The van der Waals surface area contributed by atoms with Crippen LogP contribution in [0, 0.1) is 0 Å². The predicted octanol–water partition coefficient (Wildman–Crippen LogP) is -0.117. The molecule has 6 heteroatoms. The standard InChI is InChI=1S/C8H9FN2O3/c1-6(9)4-14-8(13)7(12)11-3-2-10-5-11/h5H,1-4H2. The van der Waals surface area contributed by atoms with E-state index in [4.69, 9.17) is 0 Å². The first-order valence-corrected chi connectivity index (χ1v) is 3.92. The van der Waals surface area contributed by atoms with E-state index in [-0.39, 0.29) is 0 Å². The molecule has 0 atom stereocenters. The van der Waals surface area contributed by atoms with Crippen molar-refractivity contribution < 1.29 is 18.7 Å². The quantitative estimate of drug-likeness (QED) is 0.461. The molecule has 1 heterocycles. The second-order valence-electron chi connectivity index (χ2n) is 2.61. The van der Waals surface area contributed by atoms with Gasteiger partial charge in [0.25, 0.3) is 0 Å². The minimum Gasteiger partial charge on any atom is -0.451 e. The zero-order chi connectivity index (χ0) is 10.6. The number of amides is 1. The Morgan fingerprint density at radius 3 is 2.86 bits per heavy atom. The SMILES string of the molecule is C=C(F)COC(=O)C(=O)N1C=NCC1. The monoisotopic (exact) mass is 200 g/mol. The lowest BCUT2D eigenvalue weighted by Crippen LogP contribution is -2.35. The third-order valence-electron chi connectivity index (χ3n) is 1.49. The van der Waals surface area contributed by atoms with Gasteiger partial charge >= 0.3 is 11.9 Å². The highest BCUT2D eigenvalue weighted by Crippen LogP contribution is 1.98. The van der Waals surface area contributed by atoms with E-state index >= 15 is 0 Å². The van der Waals surface area contributed by atoms with E-state index in [1.54, 1.807) is 0 Å². The maximum absolute atomic E-state index is 12.1. The maximum Gasteiger partial charge on any atom is 0.397 e. The van der Waals surface area contributed by atoms with E-state index < -0.39 is 24.3 Å². The van der Waals surface area contributed by atoms with Gasteiger partial charge in [-0.3, -0.25) is 14.7 Å². The summed E-state index contributed by atoms with van der Waals surface area (Å²) < 4.78 is 16.4. The van der Waals surface area contributed by atoms with Gasteiger partial charge in [-0.05, 0) is 0 Å². The number of hydrogen-bond donors (Lipinski definition) is 0. The zero-order valence-corrected chi connectivity index (χ0v) is 7.40. The molecular weight excluding hydrogens is 191 g/mol. The highest BCUT2D eigenvalue weighted by molar-refractivity contribution is 6.34. The number of hydrogen-bond acceptors (Lipinski definition) is 4. The van der Waals surface area contributed by atoms with Crippen molar-refractivity contribution in [1.82, 2.24) is 4.90 Å². The molecule has 14 heavy (non-hydrogen) atoms. The zero-order valence-electron chi connectivity index (χ0n) is 7.40. The van der Waals surface area contributed by atoms with Crippen LogP contribution in [0.1, 0.15) is 0 Å². The highest BCUT2D eigenvalue weighted by Gasteiger charge is 2.23. The van der Waals surface area contributed by atoms with Crippen molar-refractivity contribution in [3.63, 3.8) is 0 Å². The number of nitrogens with zero attached hydrogens (tertiary/aromatic N) is 2. The van der Waals surface area contributed by atoms with Crippen molar-refractivity contribution in [2.75, 3.05) is 19.7 Å². The molecule has 0 unspecified atom stereocenters. The summed E-state index contributed by atoms with van der Waals surface area (Å²) in [6.07, 6.45) is 1.26. The van der Waals surface area contributed by atoms with Gasteiger partial charge in [-0.25, -0.2) is 9.18 Å². The Kier molecular flexibility index (Phi) is 3.33. The number of halogens is 1. The largest absolute Gasteiger partial charge is 0.451 e. The van der Waals surface area contributed by atoms with Crippen molar-refractivity contribution in [3.05, 3.63) is 12.4 Å². The lowest BCUT2D eigenvalue weighted by molar-refractivity contribution is -0.157. The molecule has 1 amide bonds. The van der Waals surface area contributed by atoms with Crippen LogP contribution in [0.5, 0.6) is 0 Å². The first-order chi connectivity index (χ1) is 6.61. The van der Waals surface area contributed by atoms with Gasteiger partial charge in [0, 0.05) is 6.54 Å². The molecule has 76 valence electrons. The summed E-state index contributed by atoms with van der Waals surface area (Å²) in [5, 5.41) is 0. The van der Waals surface area contributed by atoms with Crippen LogP contribution in [0.3, 0.4) is 0 Å². The van der Waals surface area contributed by atoms with E-state index in [0.717, 1.165) is 4.90 Å². The number of aliphatic imine (C=N–C) groups is 1. The Morgan fingerprint density at radius 2 is 2.36 bits per heavy atom. The highest BCUT2D eigenvalue weighted by atomic mass is 19.1. The molecule has 1 aliphatic rings. The van der Waals surface area contributed by atoms with Crippen LogP contribution in [0.2, 0.25) is 0 Å². The number of rotatable bonds is 2. The lowest BCUT2D eigenvalue weighted by atomic mass is 10.5. The van der Waals surface area contributed by atoms with Crippen molar-refractivity contribution in [1.29, 1.82) is 0 Å². The average molecular weight is 200 g/mol. The summed E-state index contributed by atoms with van der Waals surface area (Å²) in [5.41, 5.74) is 0. The van der Waals surface area contributed by atoms with Crippen LogP contribution in [0.15, 0.2) is 17.4 Å². The molecule has 0 N–H and O–H groups in total. The van der Waals surface area contributed by atoms with Gasteiger partial charge in [0.1, 0.15) is 12.4 Å². The second kappa shape index (κ2) is 4.50. The number of carbonyl (C=O) groups is 2. The predicted molar refractivity (Wildman–Crippen MR) is 46.3 cm³/mol. The lowest BCUT2D eigenvalue weighted by Gasteiger charge is -2.09. The van der Waals surface area contributed by atoms with Crippen molar-refractivity contribution in [2.45, 2.75) is 0 Å². The second-order valence-corrected chi connectivity index (χ2v) is 2.61. The average Bonchev–Trinajstić information content (AvgIpc) is 2.65. The molecular formula is C8H9FN2O3. The summed E-state index contributed by atoms with van der Waals surface area (Å²) in [6.45, 7) is 3.12. The minimum atomic E-state index is -1.10. The van der Waals surface area contributed by atoms with E-state index in [0.29, 0.717) is 13.1 Å². The molecule has 1 rings (SSSR count). The number of carbonyl (C=O) groups excluding carboxylic acids is 2. The molecule has 0 aromatic rings. The summed E-state index contributed by atoms with van der Waals surface area (Å²) in [7, 11) is 0. The molecule has 0 aromatic carbocycles. The Labute approximate surface area is 79.9 Å². The molecule has 0 aliphatic carbocycles.